The lowest BCUT2D eigenvalue weighted by Crippen LogP contribution is -2.41. The zero-order valence-electron chi connectivity index (χ0n) is 18.7. The van der Waals surface area contributed by atoms with Crippen LogP contribution in [0.3, 0.4) is 0 Å². The first-order chi connectivity index (χ1) is 17.0. The summed E-state index contributed by atoms with van der Waals surface area (Å²) in [6, 6.07) is 9.54. The number of allylic oxidation sites excluding steroid dienone is 1. The standard InChI is InChI=1S/C24H17BrClF3N2O4S/c1-3-35-22(33)18-19(13-5-7-14(26)8-6-13)31-21(32)17(36-23(31)30-20(18)24(27,28)29)11-12-4-9-16(34-2)15(25)10-12/h4-11,19H,3H2,1-2H3/b17-11-/t19-/m1/s1. The summed E-state index contributed by atoms with van der Waals surface area (Å²) in [6.07, 6.45) is -3.43. The lowest BCUT2D eigenvalue weighted by Gasteiger charge is -2.26. The first-order valence-corrected chi connectivity index (χ1v) is 12.4. The number of carbonyl (C=O) groups is 1. The molecule has 0 fully saturated rings. The zero-order chi connectivity index (χ0) is 26.2. The number of esters is 1. The van der Waals surface area contributed by atoms with E-state index in [0.29, 0.717) is 20.8 Å². The lowest BCUT2D eigenvalue weighted by atomic mass is 9.95. The summed E-state index contributed by atoms with van der Waals surface area (Å²) in [5, 5.41) is 0.342. The second kappa shape index (κ2) is 10.2. The minimum Gasteiger partial charge on any atom is -0.496 e. The first kappa shape index (κ1) is 26.2. The lowest BCUT2D eigenvalue weighted by molar-refractivity contribution is -0.140. The van der Waals surface area contributed by atoms with Crippen LogP contribution in [-0.2, 0) is 9.53 Å². The van der Waals surface area contributed by atoms with Gasteiger partial charge < -0.3 is 9.47 Å². The highest BCUT2D eigenvalue weighted by Crippen LogP contribution is 2.38. The number of carbonyl (C=O) groups excluding carboxylic acids is 1. The summed E-state index contributed by atoms with van der Waals surface area (Å²) in [6.45, 7) is 1.32. The van der Waals surface area contributed by atoms with E-state index in [1.54, 1.807) is 18.2 Å². The van der Waals surface area contributed by atoms with Crippen LogP contribution >= 0.6 is 38.9 Å². The van der Waals surface area contributed by atoms with Gasteiger partial charge in [-0.3, -0.25) is 9.36 Å². The van der Waals surface area contributed by atoms with E-state index in [1.165, 1.54) is 44.4 Å². The largest absolute Gasteiger partial charge is 0.496 e. The normalized spacial score (nSPS) is 16.0. The number of nitrogens with zero attached hydrogens (tertiary/aromatic N) is 2. The minimum atomic E-state index is -4.97. The number of hydrogen-bond acceptors (Lipinski definition) is 6. The van der Waals surface area contributed by atoms with E-state index in [-0.39, 0.29) is 21.5 Å². The van der Waals surface area contributed by atoms with Gasteiger partial charge in [-0.2, -0.15) is 13.2 Å². The van der Waals surface area contributed by atoms with Crippen molar-refractivity contribution in [3.63, 3.8) is 0 Å². The second-order valence-corrected chi connectivity index (χ2v) is 9.81. The molecule has 0 saturated carbocycles. The van der Waals surface area contributed by atoms with Crippen molar-refractivity contribution in [1.29, 1.82) is 0 Å². The molecular weight excluding hydrogens is 585 g/mol. The molecule has 1 aliphatic heterocycles. The van der Waals surface area contributed by atoms with Gasteiger partial charge in [0.15, 0.2) is 10.5 Å². The number of thiazole rings is 1. The molecule has 0 amide bonds. The maximum atomic E-state index is 14.1. The predicted molar refractivity (Wildman–Crippen MR) is 133 cm³/mol. The van der Waals surface area contributed by atoms with Gasteiger partial charge in [-0.15, -0.1) is 0 Å². The third-order valence-corrected chi connectivity index (χ3v) is 7.11. The van der Waals surface area contributed by atoms with Crippen molar-refractivity contribution in [1.82, 2.24) is 4.57 Å². The fraction of sp³-hybridized carbons (Fsp3) is 0.208. The first-order valence-electron chi connectivity index (χ1n) is 10.4. The molecule has 0 unspecified atom stereocenters. The molecule has 1 atom stereocenters. The average molecular weight is 602 g/mol. The van der Waals surface area contributed by atoms with Gasteiger partial charge in [0, 0.05) is 5.02 Å². The quantitative estimate of drug-likeness (QED) is 0.396. The van der Waals surface area contributed by atoms with E-state index in [1.807, 2.05) is 0 Å². The summed E-state index contributed by atoms with van der Waals surface area (Å²) in [7, 11) is 1.51. The summed E-state index contributed by atoms with van der Waals surface area (Å²) < 4.78 is 54.4. The number of fused-ring (bicyclic) bond motifs is 1. The van der Waals surface area contributed by atoms with Crippen LogP contribution < -0.4 is 19.6 Å². The Morgan fingerprint density at radius 1 is 1.25 bits per heavy atom. The molecule has 188 valence electrons. The maximum Gasteiger partial charge on any atom is 0.434 e. The summed E-state index contributed by atoms with van der Waals surface area (Å²) in [5.74, 6) is -0.632. The van der Waals surface area contributed by atoms with Crippen LogP contribution in [0.1, 0.15) is 24.1 Å². The van der Waals surface area contributed by atoms with Crippen LogP contribution in [0, 0.1) is 0 Å². The summed E-state index contributed by atoms with van der Waals surface area (Å²) in [5.41, 5.74) is -1.91. The van der Waals surface area contributed by atoms with Crippen LogP contribution in [0.25, 0.3) is 6.08 Å². The highest BCUT2D eigenvalue weighted by Gasteiger charge is 2.45. The van der Waals surface area contributed by atoms with Gasteiger partial charge in [-0.1, -0.05) is 41.1 Å². The van der Waals surface area contributed by atoms with Gasteiger partial charge in [-0.05, 0) is 64.3 Å². The summed E-state index contributed by atoms with van der Waals surface area (Å²) >= 11 is 10.1. The van der Waals surface area contributed by atoms with E-state index in [2.05, 4.69) is 20.9 Å². The highest BCUT2D eigenvalue weighted by atomic mass is 79.9. The number of rotatable bonds is 5. The average Bonchev–Trinajstić information content (AvgIpc) is 3.13. The number of halogens is 5. The fourth-order valence-corrected chi connectivity index (χ4v) is 5.41. The van der Waals surface area contributed by atoms with Gasteiger partial charge in [-0.25, -0.2) is 9.79 Å². The number of methoxy groups -OCH3 is 1. The monoisotopic (exact) mass is 600 g/mol. The Labute approximate surface area is 220 Å². The molecule has 0 bridgehead atoms. The van der Waals surface area contributed by atoms with E-state index < -0.39 is 35.0 Å². The van der Waals surface area contributed by atoms with Crippen LogP contribution in [0.15, 0.2) is 68.0 Å². The van der Waals surface area contributed by atoms with Crippen LogP contribution in [-0.4, -0.2) is 30.4 Å². The molecule has 36 heavy (non-hydrogen) atoms. The molecular formula is C24H17BrClF3N2O4S. The van der Waals surface area contributed by atoms with Gasteiger partial charge >= 0.3 is 12.1 Å². The SMILES string of the molecule is CCOC(=O)C1=C(C(F)(F)F)N=c2s/c(=C\c3ccc(OC)c(Br)c3)c(=O)n2[C@@H]1c1ccc(Cl)cc1. The van der Waals surface area contributed by atoms with Crippen molar-refractivity contribution in [2.45, 2.75) is 19.1 Å². The molecule has 0 aliphatic carbocycles. The molecule has 0 saturated heterocycles. The fourth-order valence-electron chi connectivity index (χ4n) is 3.72. The molecule has 1 aliphatic rings. The van der Waals surface area contributed by atoms with Crippen molar-refractivity contribution >= 4 is 50.9 Å². The maximum absolute atomic E-state index is 14.1. The number of benzene rings is 2. The topological polar surface area (TPSA) is 69.9 Å². The van der Waals surface area contributed by atoms with E-state index in [9.17, 15) is 22.8 Å². The van der Waals surface area contributed by atoms with Crippen LogP contribution in [0.2, 0.25) is 5.02 Å². The molecule has 0 spiro atoms. The Morgan fingerprint density at radius 2 is 1.94 bits per heavy atom. The predicted octanol–water partition coefficient (Wildman–Crippen LogP) is 4.77. The summed E-state index contributed by atoms with van der Waals surface area (Å²) in [4.78, 5) is 29.9. The van der Waals surface area contributed by atoms with Crippen molar-refractivity contribution in [3.05, 3.63) is 94.0 Å². The molecule has 2 aromatic carbocycles. The van der Waals surface area contributed by atoms with Gasteiger partial charge in [0.05, 0.1) is 34.3 Å². The second-order valence-electron chi connectivity index (χ2n) is 7.51. The van der Waals surface area contributed by atoms with Gasteiger partial charge in [0.25, 0.3) is 5.56 Å². The number of ether oxygens (including phenoxy) is 2. The zero-order valence-corrected chi connectivity index (χ0v) is 21.9. The van der Waals surface area contributed by atoms with E-state index in [4.69, 9.17) is 21.1 Å². The third kappa shape index (κ3) is 5.00. The highest BCUT2D eigenvalue weighted by molar-refractivity contribution is 9.10. The number of alkyl halides is 3. The molecule has 2 heterocycles. The van der Waals surface area contributed by atoms with Crippen molar-refractivity contribution in [2.75, 3.05) is 13.7 Å². The smallest absolute Gasteiger partial charge is 0.434 e. The Balaban J connectivity index is 2.02. The molecule has 6 nitrogen and oxygen atoms in total. The third-order valence-electron chi connectivity index (χ3n) is 5.25. The minimum absolute atomic E-state index is 0.136. The molecule has 3 aromatic rings. The van der Waals surface area contributed by atoms with Crippen LogP contribution in [0.4, 0.5) is 13.2 Å². The van der Waals surface area contributed by atoms with Crippen molar-refractivity contribution in [2.24, 2.45) is 4.99 Å². The number of aromatic nitrogens is 1. The molecule has 0 N–H and O–H groups in total. The van der Waals surface area contributed by atoms with Crippen molar-refractivity contribution in [3.8, 4) is 5.75 Å². The van der Waals surface area contributed by atoms with Gasteiger partial charge in [0.1, 0.15) is 5.75 Å². The Morgan fingerprint density at radius 3 is 2.53 bits per heavy atom. The van der Waals surface area contributed by atoms with E-state index in [0.717, 1.165) is 15.9 Å². The van der Waals surface area contributed by atoms with Crippen molar-refractivity contribution < 1.29 is 27.4 Å². The molecule has 4 rings (SSSR count). The molecule has 0 radical (unpaired) electrons. The van der Waals surface area contributed by atoms with Gasteiger partial charge in [0.2, 0.25) is 0 Å². The van der Waals surface area contributed by atoms with E-state index >= 15 is 0 Å². The molecule has 12 heteroatoms. The van der Waals surface area contributed by atoms with Crippen LogP contribution in [0.5, 0.6) is 5.75 Å². The Bertz CT molecular complexity index is 1550. The number of hydrogen-bond donors (Lipinski definition) is 0. The Hall–Kier alpha value is -2.89. The Kier molecular flexibility index (Phi) is 7.44. The molecule has 1 aromatic heterocycles.